The molecule has 3 unspecified atom stereocenters. The molecule has 0 aromatic heterocycles. The zero-order chi connectivity index (χ0) is 10.7. The Balaban J connectivity index is 2.09. The lowest BCUT2D eigenvalue weighted by Crippen LogP contribution is -2.29. The van der Waals surface area contributed by atoms with Gasteiger partial charge in [-0.3, -0.25) is 0 Å². The Morgan fingerprint density at radius 1 is 1.07 bits per heavy atom. The van der Waals surface area contributed by atoms with Gasteiger partial charge in [0.05, 0.1) is 12.2 Å². The van der Waals surface area contributed by atoms with Gasteiger partial charge >= 0.3 is 0 Å². The highest BCUT2D eigenvalue weighted by atomic mass is 16.3. The molecule has 0 saturated heterocycles. The third-order valence-electron chi connectivity index (χ3n) is 3.33. The largest absolute Gasteiger partial charge is 0.393 e. The molecule has 1 aromatic rings. The molecule has 1 aliphatic rings. The molecule has 0 amide bonds. The van der Waals surface area contributed by atoms with Crippen LogP contribution in [0.1, 0.15) is 37.4 Å². The molecule has 2 N–H and O–H groups in total. The lowest BCUT2D eigenvalue weighted by molar-refractivity contribution is -0.0135. The molecule has 2 nitrogen and oxygen atoms in total. The number of rotatable bonds is 2. The fraction of sp³-hybridized carbons (Fsp3) is 0.538. The smallest absolute Gasteiger partial charge is 0.0842 e. The van der Waals surface area contributed by atoms with Crippen LogP contribution in [0.15, 0.2) is 30.3 Å². The van der Waals surface area contributed by atoms with Crippen LogP contribution < -0.4 is 0 Å². The monoisotopic (exact) mass is 206 g/mol. The van der Waals surface area contributed by atoms with E-state index in [-0.39, 0.29) is 12.0 Å². The maximum atomic E-state index is 10.2. The van der Waals surface area contributed by atoms with Crippen molar-refractivity contribution in [2.24, 2.45) is 5.92 Å². The third kappa shape index (κ3) is 2.39. The minimum absolute atomic E-state index is 0.0150. The number of hydrogen-bond acceptors (Lipinski definition) is 2. The summed E-state index contributed by atoms with van der Waals surface area (Å²) in [6.07, 6.45) is 3.10. The molecular formula is C13H18O2. The van der Waals surface area contributed by atoms with Gasteiger partial charge in [0, 0.05) is 5.92 Å². The van der Waals surface area contributed by atoms with Crippen molar-refractivity contribution in [3.05, 3.63) is 35.9 Å². The molecule has 1 aliphatic carbocycles. The normalized spacial score (nSPS) is 28.7. The zero-order valence-electron chi connectivity index (χ0n) is 8.84. The van der Waals surface area contributed by atoms with Crippen molar-refractivity contribution < 1.29 is 10.2 Å². The minimum Gasteiger partial charge on any atom is -0.393 e. The average molecular weight is 206 g/mol. The Morgan fingerprint density at radius 2 is 1.73 bits per heavy atom. The first kappa shape index (κ1) is 10.7. The second-order valence-corrected chi connectivity index (χ2v) is 4.37. The first-order valence-corrected chi connectivity index (χ1v) is 5.70. The van der Waals surface area contributed by atoms with E-state index in [0.717, 1.165) is 31.2 Å². The van der Waals surface area contributed by atoms with Crippen LogP contribution in [0.2, 0.25) is 0 Å². The van der Waals surface area contributed by atoms with Crippen LogP contribution in [0.25, 0.3) is 0 Å². The summed E-state index contributed by atoms with van der Waals surface area (Å²) in [7, 11) is 0. The summed E-state index contributed by atoms with van der Waals surface area (Å²) in [5, 5.41) is 20.0. The summed E-state index contributed by atoms with van der Waals surface area (Å²) in [5.41, 5.74) is 0.920. The van der Waals surface area contributed by atoms with E-state index in [1.54, 1.807) is 0 Å². The Bertz CT molecular complexity index is 297. The molecule has 15 heavy (non-hydrogen) atoms. The molecule has 1 fully saturated rings. The van der Waals surface area contributed by atoms with Crippen LogP contribution in [0.4, 0.5) is 0 Å². The van der Waals surface area contributed by atoms with Gasteiger partial charge in [0.1, 0.15) is 0 Å². The molecule has 1 aromatic carbocycles. The first-order valence-electron chi connectivity index (χ1n) is 5.70. The Labute approximate surface area is 90.6 Å². The number of benzene rings is 1. The van der Waals surface area contributed by atoms with Crippen molar-refractivity contribution in [2.75, 3.05) is 0 Å². The average Bonchev–Trinajstić information content (AvgIpc) is 2.30. The van der Waals surface area contributed by atoms with Gasteiger partial charge in [0.25, 0.3) is 0 Å². The predicted octanol–water partition coefficient (Wildman–Crippen LogP) is 2.27. The van der Waals surface area contributed by atoms with E-state index in [0.29, 0.717) is 0 Å². The second kappa shape index (κ2) is 4.77. The number of hydrogen-bond donors (Lipinski definition) is 2. The van der Waals surface area contributed by atoms with Crippen molar-refractivity contribution in [3.8, 4) is 0 Å². The quantitative estimate of drug-likeness (QED) is 0.779. The van der Waals surface area contributed by atoms with Gasteiger partial charge in [-0.05, 0) is 18.4 Å². The summed E-state index contributed by atoms with van der Waals surface area (Å²) in [4.78, 5) is 0. The SMILES string of the molecule is OC1CCCCC1C(O)c1ccccc1. The highest BCUT2D eigenvalue weighted by Gasteiger charge is 2.29. The third-order valence-corrected chi connectivity index (χ3v) is 3.33. The van der Waals surface area contributed by atoms with E-state index < -0.39 is 6.10 Å². The van der Waals surface area contributed by atoms with E-state index in [1.807, 2.05) is 30.3 Å². The van der Waals surface area contributed by atoms with Crippen molar-refractivity contribution in [2.45, 2.75) is 37.9 Å². The van der Waals surface area contributed by atoms with Gasteiger partial charge in [-0.1, -0.05) is 43.2 Å². The molecule has 0 spiro atoms. The molecule has 2 rings (SSSR count). The van der Waals surface area contributed by atoms with Gasteiger partial charge < -0.3 is 10.2 Å². The lowest BCUT2D eigenvalue weighted by atomic mass is 9.80. The first-order chi connectivity index (χ1) is 7.29. The Morgan fingerprint density at radius 3 is 2.40 bits per heavy atom. The van der Waals surface area contributed by atoms with E-state index in [2.05, 4.69) is 0 Å². The van der Waals surface area contributed by atoms with Crippen LogP contribution >= 0.6 is 0 Å². The van der Waals surface area contributed by atoms with Gasteiger partial charge in [-0.15, -0.1) is 0 Å². The molecule has 3 atom stereocenters. The van der Waals surface area contributed by atoms with Crippen molar-refractivity contribution in [3.63, 3.8) is 0 Å². The fourth-order valence-electron chi connectivity index (χ4n) is 2.41. The van der Waals surface area contributed by atoms with Crippen molar-refractivity contribution in [1.29, 1.82) is 0 Å². The molecule has 2 heteroatoms. The van der Waals surface area contributed by atoms with Gasteiger partial charge in [-0.25, -0.2) is 0 Å². The second-order valence-electron chi connectivity index (χ2n) is 4.37. The molecule has 0 aliphatic heterocycles. The van der Waals surface area contributed by atoms with Crippen LogP contribution in [-0.4, -0.2) is 16.3 Å². The summed E-state index contributed by atoms with van der Waals surface area (Å²) < 4.78 is 0. The summed E-state index contributed by atoms with van der Waals surface area (Å²) >= 11 is 0. The lowest BCUT2D eigenvalue weighted by Gasteiger charge is -2.31. The Kier molecular flexibility index (Phi) is 3.39. The maximum Gasteiger partial charge on any atom is 0.0842 e. The topological polar surface area (TPSA) is 40.5 Å². The summed E-state index contributed by atoms with van der Waals surface area (Å²) in [6.45, 7) is 0. The molecule has 82 valence electrons. The summed E-state index contributed by atoms with van der Waals surface area (Å²) in [5.74, 6) is 0.0150. The standard InChI is InChI=1S/C13H18O2/c14-12-9-5-4-8-11(12)13(15)10-6-2-1-3-7-10/h1-3,6-7,11-15H,4-5,8-9H2. The highest BCUT2D eigenvalue weighted by Crippen LogP contribution is 2.34. The van der Waals surface area contributed by atoms with Crippen molar-refractivity contribution >= 4 is 0 Å². The molecule has 0 bridgehead atoms. The fourth-order valence-corrected chi connectivity index (χ4v) is 2.41. The minimum atomic E-state index is -0.513. The van der Waals surface area contributed by atoms with Gasteiger partial charge in [-0.2, -0.15) is 0 Å². The van der Waals surface area contributed by atoms with Gasteiger partial charge in [0.2, 0.25) is 0 Å². The van der Waals surface area contributed by atoms with Crippen LogP contribution in [-0.2, 0) is 0 Å². The predicted molar refractivity (Wildman–Crippen MR) is 59.4 cm³/mol. The van der Waals surface area contributed by atoms with Crippen LogP contribution in [0, 0.1) is 5.92 Å². The van der Waals surface area contributed by atoms with Crippen molar-refractivity contribution in [1.82, 2.24) is 0 Å². The number of aliphatic hydroxyl groups is 2. The van der Waals surface area contributed by atoms with Crippen LogP contribution in [0.3, 0.4) is 0 Å². The molecular weight excluding hydrogens is 188 g/mol. The van der Waals surface area contributed by atoms with E-state index in [9.17, 15) is 10.2 Å². The Hall–Kier alpha value is -0.860. The summed E-state index contributed by atoms with van der Waals surface area (Å²) in [6, 6.07) is 9.63. The molecule has 0 radical (unpaired) electrons. The van der Waals surface area contributed by atoms with Crippen LogP contribution in [0.5, 0.6) is 0 Å². The number of aliphatic hydroxyl groups excluding tert-OH is 2. The van der Waals surface area contributed by atoms with E-state index in [1.165, 1.54) is 0 Å². The van der Waals surface area contributed by atoms with E-state index >= 15 is 0 Å². The molecule has 1 saturated carbocycles. The highest BCUT2D eigenvalue weighted by molar-refractivity contribution is 5.18. The zero-order valence-corrected chi connectivity index (χ0v) is 8.84. The molecule has 0 heterocycles. The van der Waals surface area contributed by atoms with E-state index in [4.69, 9.17) is 0 Å². The maximum absolute atomic E-state index is 10.2. The van der Waals surface area contributed by atoms with Gasteiger partial charge in [0.15, 0.2) is 0 Å².